The number of benzene rings is 6. The molecule has 0 unspecified atom stereocenters. The second-order valence-corrected chi connectivity index (χ2v) is 10.5. The predicted octanol–water partition coefficient (Wildman–Crippen LogP) is 9.14. The van der Waals surface area contributed by atoms with Gasteiger partial charge >= 0.3 is 5.63 Å². The van der Waals surface area contributed by atoms with E-state index >= 15 is 0 Å². The molecule has 0 aliphatic carbocycles. The van der Waals surface area contributed by atoms with Gasteiger partial charge < -0.3 is 13.6 Å². The van der Waals surface area contributed by atoms with Gasteiger partial charge in [0.2, 0.25) is 0 Å². The van der Waals surface area contributed by atoms with Crippen molar-refractivity contribution >= 4 is 65.4 Å². The van der Waals surface area contributed by atoms with Gasteiger partial charge in [-0.15, -0.1) is 0 Å². The van der Waals surface area contributed by atoms with Crippen LogP contribution in [-0.2, 0) is 0 Å². The number of fused-ring (bicyclic) bond motifs is 9. The first-order chi connectivity index (χ1) is 20.3. The van der Waals surface area contributed by atoms with Crippen molar-refractivity contribution in [2.24, 2.45) is 0 Å². The maximum absolute atomic E-state index is 12.8. The fourth-order valence-corrected chi connectivity index (χ4v) is 6.57. The molecule has 0 saturated heterocycles. The van der Waals surface area contributed by atoms with Crippen LogP contribution in [0.25, 0.3) is 76.7 Å². The number of nitrogens with zero attached hydrogens (tertiary/aromatic N) is 2. The molecule has 0 bridgehead atoms. The summed E-state index contributed by atoms with van der Waals surface area (Å²) in [6.45, 7) is 0. The summed E-state index contributed by atoms with van der Waals surface area (Å²) in [5, 5.41) is 7.01. The minimum absolute atomic E-state index is 0.309. The van der Waals surface area contributed by atoms with Crippen molar-refractivity contribution in [3.63, 3.8) is 0 Å². The third-order valence-electron chi connectivity index (χ3n) is 8.34. The molecule has 0 spiro atoms. The van der Waals surface area contributed by atoms with Crippen LogP contribution in [-0.4, -0.2) is 9.13 Å². The Hall–Kier alpha value is -5.61. The van der Waals surface area contributed by atoms with Gasteiger partial charge in [-0.25, -0.2) is 4.79 Å². The smallest absolute Gasteiger partial charge is 0.344 e. The molecule has 0 amide bonds. The molecule has 0 aliphatic rings. The van der Waals surface area contributed by atoms with Crippen LogP contribution >= 0.6 is 0 Å². The van der Waals surface area contributed by atoms with E-state index in [0.29, 0.717) is 11.0 Å². The summed E-state index contributed by atoms with van der Waals surface area (Å²) in [7, 11) is 0. The topological polar surface area (TPSA) is 40.1 Å². The summed E-state index contributed by atoms with van der Waals surface area (Å²) in [4.78, 5) is 12.8. The van der Waals surface area contributed by atoms with Crippen molar-refractivity contribution in [3.05, 3.63) is 144 Å². The van der Waals surface area contributed by atoms with Crippen LogP contribution in [0.5, 0.6) is 0 Å². The van der Waals surface area contributed by atoms with Crippen LogP contribution in [0.1, 0.15) is 0 Å². The molecule has 4 heteroatoms. The lowest BCUT2D eigenvalue weighted by molar-refractivity contribution is 0.570. The van der Waals surface area contributed by atoms with Crippen molar-refractivity contribution in [2.75, 3.05) is 0 Å². The van der Waals surface area contributed by atoms with Crippen LogP contribution in [0.2, 0.25) is 0 Å². The van der Waals surface area contributed by atoms with E-state index in [-0.39, 0.29) is 5.63 Å². The average molecular weight is 527 g/mol. The predicted molar refractivity (Wildman–Crippen MR) is 169 cm³/mol. The van der Waals surface area contributed by atoms with E-state index < -0.39 is 0 Å². The third kappa shape index (κ3) is 3.07. The van der Waals surface area contributed by atoms with Crippen molar-refractivity contribution in [1.29, 1.82) is 0 Å². The SMILES string of the molecule is O=c1oc2cc3c4ccccc4n(-c4ccc5c(c4)c4ccccc4n5-c4ccccc4)c3cc2c2ccccc12. The van der Waals surface area contributed by atoms with Crippen molar-refractivity contribution < 1.29 is 4.42 Å². The normalized spacial score (nSPS) is 12.0. The van der Waals surface area contributed by atoms with Crippen molar-refractivity contribution in [1.82, 2.24) is 9.13 Å². The van der Waals surface area contributed by atoms with Gasteiger partial charge in [-0.3, -0.25) is 0 Å². The zero-order chi connectivity index (χ0) is 27.1. The van der Waals surface area contributed by atoms with Crippen LogP contribution < -0.4 is 5.63 Å². The van der Waals surface area contributed by atoms with E-state index in [9.17, 15) is 4.79 Å². The van der Waals surface area contributed by atoms with Crippen molar-refractivity contribution in [2.45, 2.75) is 0 Å². The number of rotatable bonds is 2. The maximum Gasteiger partial charge on any atom is 0.344 e. The Morgan fingerprint density at radius 2 is 0.951 bits per heavy atom. The van der Waals surface area contributed by atoms with Crippen LogP contribution in [0.3, 0.4) is 0 Å². The second kappa shape index (κ2) is 8.20. The molecule has 3 heterocycles. The molecule has 0 N–H and O–H groups in total. The lowest BCUT2D eigenvalue weighted by Gasteiger charge is -2.11. The monoisotopic (exact) mass is 526 g/mol. The Morgan fingerprint density at radius 1 is 0.390 bits per heavy atom. The number of para-hydroxylation sites is 3. The molecule has 41 heavy (non-hydrogen) atoms. The van der Waals surface area contributed by atoms with Gasteiger partial charge in [0.1, 0.15) is 5.58 Å². The molecule has 0 saturated carbocycles. The number of hydrogen-bond acceptors (Lipinski definition) is 2. The Labute approximate surface area is 233 Å². The molecule has 192 valence electrons. The molecular weight excluding hydrogens is 504 g/mol. The summed E-state index contributed by atoms with van der Waals surface area (Å²) in [5.74, 6) is 0. The number of hydrogen-bond donors (Lipinski definition) is 0. The standard InChI is InChI=1S/C37H22N2O2/c40-37-28-15-5-4-12-25(28)31-21-35-30(22-36(31)41-37)27-14-7-9-17-33(27)39(35)24-18-19-34-29(20-24)26-13-6-8-16-32(26)38(34)23-10-2-1-3-11-23/h1-22H. The van der Waals surface area contributed by atoms with E-state index in [1.807, 2.05) is 30.3 Å². The van der Waals surface area contributed by atoms with Crippen LogP contribution in [0, 0.1) is 0 Å². The molecule has 9 aromatic rings. The molecule has 0 radical (unpaired) electrons. The third-order valence-corrected chi connectivity index (χ3v) is 8.34. The highest BCUT2D eigenvalue weighted by molar-refractivity contribution is 6.17. The van der Waals surface area contributed by atoms with E-state index in [1.54, 1.807) is 0 Å². The Bertz CT molecular complexity index is 2550. The minimum atomic E-state index is -0.309. The van der Waals surface area contributed by atoms with Gasteiger partial charge in [0.05, 0.1) is 27.5 Å². The molecule has 0 aliphatic heterocycles. The van der Waals surface area contributed by atoms with Gasteiger partial charge in [0.25, 0.3) is 0 Å². The molecule has 9 rings (SSSR count). The van der Waals surface area contributed by atoms with Gasteiger partial charge in [0.15, 0.2) is 0 Å². The zero-order valence-electron chi connectivity index (χ0n) is 21.9. The summed E-state index contributed by atoms with van der Waals surface area (Å²) in [5.41, 5.74) is 7.05. The molecule has 3 aromatic heterocycles. The first-order valence-corrected chi connectivity index (χ1v) is 13.7. The van der Waals surface area contributed by atoms with Gasteiger partial charge in [-0.2, -0.15) is 0 Å². The fourth-order valence-electron chi connectivity index (χ4n) is 6.57. The molecular formula is C37H22N2O2. The maximum atomic E-state index is 12.8. The van der Waals surface area contributed by atoms with Crippen molar-refractivity contribution in [3.8, 4) is 11.4 Å². The van der Waals surface area contributed by atoms with Gasteiger partial charge in [-0.1, -0.05) is 72.8 Å². The molecule has 0 atom stereocenters. The van der Waals surface area contributed by atoms with E-state index in [4.69, 9.17) is 4.42 Å². The van der Waals surface area contributed by atoms with Crippen LogP contribution in [0.15, 0.2) is 143 Å². The summed E-state index contributed by atoms with van der Waals surface area (Å²) in [6.07, 6.45) is 0. The van der Waals surface area contributed by atoms with Gasteiger partial charge in [-0.05, 0) is 66.0 Å². The lowest BCUT2D eigenvalue weighted by atomic mass is 10.1. The first kappa shape index (κ1) is 22.2. The highest BCUT2D eigenvalue weighted by atomic mass is 16.4. The average Bonchev–Trinajstić information content (AvgIpc) is 3.53. The molecule has 6 aromatic carbocycles. The lowest BCUT2D eigenvalue weighted by Crippen LogP contribution is -2.00. The molecule has 4 nitrogen and oxygen atoms in total. The summed E-state index contributed by atoms with van der Waals surface area (Å²) in [6, 6.07) is 46.2. The Morgan fingerprint density at radius 3 is 1.68 bits per heavy atom. The zero-order valence-corrected chi connectivity index (χ0v) is 21.9. The largest absolute Gasteiger partial charge is 0.422 e. The second-order valence-electron chi connectivity index (χ2n) is 10.5. The quantitative estimate of drug-likeness (QED) is 0.166. The van der Waals surface area contributed by atoms with E-state index in [0.717, 1.165) is 44.0 Å². The summed E-state index contributed by atoms with van der Waals surface area (Å²) >= 11 is 0. The Balaban J connectivity index is 1.40. The van der Waals surface area contributed by atoms with E-state index in [2.05, 4.69) is 112 Å². The van der Waals surface area contributed by atoms with E-state index in [1.165, 1.54) is 21.8 Å². The fraction of sp³-hybridized carbons (Fsp3) is 0. The number of aromatic nitrogens is 2. The Kier molecular flexibility index (Phi) is 4.44. The van der Waals surface area contributed by atoms with Gasteiger partial charge in [0, 0.05) is 38.3 Å². The first-order valence-electron chi connectivity index (χ1n) is 13.7. The highest BCUT2D eigenvalue weighted by Crippen LogP contribution is 2.38. The van der Waals surface area contributed by atoms with Crippen LogP contribution in [0.4, 0.5) is 0 Å². The highest BCUT2D eigenvalue weighted by Gasteiger charge is 2.18. The minimum Gasteiger partial charge on any atom is -0.422 e. The molecule has 0 fully saturated rings. The summed E-state index contributed by atoms with van der Waals surface area (Å²) < 4.78 is 10.5.